The molecule has 0 amide bonds. The molecule has 0 saturated carbocycles. The Kier molecular flexibility index (Phi) is 5.55. The molecule has 6 heterocycles. The van der Waals surface area contributed by atoms with Crippen LogP contribution in [0.1, 0.15) is 24.6 Å². The molecule has 9 nitrogen and oxygen atoms in total. The second kappa shape index (κ2) is 8.72. The van der Waals surface area contributed by atoms with Crippen LogP contribution >= 0.6 is 11.6 Å². The quantitative estimate of drug-likeness (QED) is 0.573. The molecule has 2 N–H and O–H groups in total. The van der Waals surface area contributed by atoms with Crippen LogP contribution in [0.3, 0.4) is 0 Å². The van der Waals surface area contributed by atoms with Crippen molar-refractivity contribution in [2.45, 2.75) is 38.0 Å². The molecule has 10 heteroatoms. The van der Waals surface area contributed by atoms with Crippen molar-refractivity contribution in [1.82, 2.24) is 24.3 Å². The first-order valence-electron chi connectivity index (χ1n) is 11.8. The topological polar surface area (TPSA) is 93.4 Å². The molecule has 3 aliphatic rings. The van der Waals surface area contributed by atoms with Crippen LogP contribution < -0.4 is 26.5 Å². The van der Waals surface area contributed by atoms with Crippen molar-refractivity contribution >= 4 is 28.5 Å². The summed E-state index contributed by atoms with van der Waals surface area (Å²) >= 11 is 6.42. The third kappa shape index (κ3) is 3.87. The van der Waals surface area contributed by atoms with Gasteiger partial charge in [-0.15, -0.1) is 0 Å². The molecule has 3 aromatic heterocycles. The van der Waals surface area contributed by atoms with E-state index >= 15 is 0 Å². The molecule has 1 fully saturated rings. The van der Waals surface area contributed by atoms with Gasteiger partial charge in [0.1, 0.15) is 12.3 Å². The van der Waals surface area contributed by atoms with E-state index in [1.54, 1.807) is 28.8 Å². The molecular formula is C24H27ClN6O3. The van der Waals surface area contributed by atoms with Gasteiger partial charge >= 0.3 is 0 Å². The maximum Gasteiger partial charge on any atom is 0.252 e. The Morgan fingerprint density at radius 1 is 1.15 bits per heavy atom. The molecule has 0 unspecified atom stereocenters. The smallest absolute Gasteiger partial charge is 0.252 e. The van der Waals surface area contributed by atoms with Gasteiger partial charge in [-0.2, -0.15) is 0 Å². The number of nitrogens with one attached hydrogen (secondary N) is 2. The standard InChI is InChI=1S/C24H27ClN6O3/c25-18-11-20-23(26-7-10-34-20)28-19(18)12-27-16-5-8-29(9-6-16)13-17-14-30-21(32)3-1-15-2-4-22(33)31(17)24(15)30/h1-4,11,16-17,27H,5-10,12-14H2,(H,26,28)/t17-/m1/s1. The summed E-state index contributed by atoms with van der Waals surface area (Å²) in [7, 11) is 0. The molecule has 1 saturated heterocycles. The maximum atomic E-state index is 12.6. The largest absolute Gasteiger partial charge is 0.488 e. The van der Waals surface area contributed by atoms with Crippen LogP contribution in [0.25, 0.3) is 11.0 Å². The summed E-state index contributed by atoms with van der Waals surface area (Å²) in [6, 6.07) is 8.99. The SMILES string of the molecule is O=c1ccc2ccc(=O)n3c2n1C[C@H]3CN1CCC(NCc2nc3c(cc2Cl)OCCN3)CC1. The van der Waals surface area contributed by atoms with Gasteiger partial charge in [-0.1, -0.05) is 11.6 Å². The molecule has 34 heavy (non-hydrogen) atoms. The third-order valence-corrected chi connectivity index (χ3v) is 7.42. The summed E-state index contributed by atoms with van der Waals surface area (Å²) in [6.45, 7) is 5.15. The summed E-state index contributed by atoms with van der Waals surface area (Å²) in [5.74, 6) is 1.46. The molecule has 1 atom stereocenters. The van der Waals surface area contributed by atoms with Gasteiger partial charge in [-0.25, -0.2) is 4.98 Å². The predicted octanol–water partition coefficient (Wildman–Crippen LogP) is 1.82. The van der Waals surface area contributed by atoms with Crippen LogP contribution in [-0.2, 0) is 13.1 Å². The van der Waals surface area contributed by atoms with Gasteiger partial charge in [0.25, 0.3) is 11.1 Å². The first kappa shape index (κ1) is 21.6. The van der Waals surface area contributed by atoms with Crippen molar-refractivity contribution in [2.75, 3.05) is 38.1 Å². The van der Waals surface area contributed by atoms with E-state index in [0.29, 0.717) is 36.5 Å². The number of halogens is 1. The number of hydrogen-bond donors (Lipinski definition) is 2. The number of aromatic nitrogens is 3. The normalized spacial score (nSPS) is 20.2. The van der Waals surface area contributed by atoms with Gasteiger partial charge in [0.2, 0.25) is 0 Å². The monoisotopic (exact) mass is 482 g/mol. The van der Waals surface area contributed by atoms with E-state index in [2.05, 4.69) is 20.5 Å². The third-order valence-electron chi connectivity index (χ3n) is 7.10. The first-order valence-corrected chi connectivity index (χ1v) is 12.2. The number of pyridine rings is 3. The Morgan fingerprint density at radius 3 is 2.76 bits per heavy atom. The number of rotatable bonds is 5. The fourth-order valence-electron chi connectivity index (χ4n) is 5.35. The van der Waals surface area contributed by atoms with Crippen LogP contribution in [0, 0.1) is 0 Å². The minimum atomic E-state index is -0.0477. The summed E-state index contributed by atoms with van der Waals surface area (Å²) in [5, 5.41) is 8.40. The molecule has 178 valence electrons. The number of likely N-dealkylation sites (tertiary alicyclic amines) is 1. The molecule has 0 spiro atoms. The lowest BCUT2D eigenvalue weighted by atomic mass is 10.0. The molecule has 3 aliphatic heterocycles. The maximum absolute atomic E-state index is 12.6. The zero-order valence-electron chi connectivity index (χ0n) is 18.8. The van der Waals surface area contributed by atoms with Crippen LogP contribution in [-0.4, -0.2) is 57.8 Å². The Morgan fingerprint density at radius 2 is 1.94 bits per heavy atom. The van der Waals surface area contributed by atoms with E-state index in [9.17, 15) is 9.59 Å². The van der Waals surface area contributed by atoms with Crippen molar-refractivity contribution < 1.29 is 4.74 Å². The van der Waals surface area contributed by atoms with E-state index in [1.807, 2.05) is 10.6 Å². The zero-order valence-corrected chi connectivity index (χ0v) is 19.6. The van der Waals surface area contributed by atoms with Crippen LogP contribution in [0.15, 0.2) is 39.9 Å². The molecule has 0 aliphatic carbocycles. The number of ether oxygens (including phenoxy) is 1. The van der Waals surface area contributed by atoms with Crippen molar-refractivity contribution in [3.63, 3.8) is 0 Å². The fraction of sp³-hybridized carbons (Fsp3) is 0.458. The van der Waals surface area contributed by atoms with E-state index in [0.717, 1.165) is 61.6 Å². The molecule has 6 rings (SSSR count). The number of nitrogens with zero attached hydrogens (tertiary/aromatic N) is 4. The fourth-order valence-corrected chi connectivity index (χ4v) is 5.56. The average molecular weight is 483 g/mol. The molecule has 3 aromatic rings. The van der Waals surface area contributed by atoms with E-state index in [-0.39, 0.29) is 17.2 Å². The van der Waals surface area contributed by atoms with Crippen LogP contribution in [0.5, 0.6) is 5.75 Å². The van der Waals surface area contributed by atoms with Crippen molar-refractivity contribution in [1.29, 1.82) is 0 Å². The lowest BCUT2D eigenvalue weighted by molar-refractivity contribution is 0.171. The molecule has 0 bridgehead atoms. The van der Waals surface area contributed by atoms with E-state index in [1.165, 1.54) is 0 Å². The number of fused-ring (bicyclic) bond motifs is 1. The predicted molar refractivity (Wildman–Crippen MR) is 131 cm³/mol. The van der Waals surface area contributed by atoms with Crippen molar-refractivity contribution in [3.05, 3.63) is 61.8 Å². The minimum absolute atomic E-state index is 0.0240. The Hall–Kier alpha value is -2.88. The highest BCUT2D eigenvalue weighted by atomic mass is 35.5. The zero-order chi connectivity index (χ0) is 23.2. The first-order chi connectivity index (χ1) is 16.6. The van der Waals surface area contributed by atoms with Crippen LogP contribution in [0.2, 0.25) is 5.02 Å². The van der Waals surface area contributed by atoms with E-state index in [4.69, 9.17) is 16.3 Å². The van der Waals surface area contributed by atoms with Crippen molar-refractivity contribution in [3.8, 4) is 5.75 Å². The second-order valence-electron chi connectivity index (χ2n) is 9.25. The number of hydrogen-bond acceptors (Lipinski definition) is 7. The second-order valence-corrected chi connectivity index (χ2v) is 9.66. The van der Waals surface area contributed by atoms with Crippen molar-refractivity contribution in [2.24, 2.45) is 0 Å². The summed E-state index contributed by atoms with van der Waals surface area (Å²) in [4.78, 5) is 32.1. The summed E-state index contributed by atoms with van der Waals surface area (Å²) in [5.41, 5.74) is 1.48. The highest BCUT2D eigenvalue weighted by molar-refractivity contribution is 6.31. The summed E-state index contributed by atoms with van der Waals surface area (Å²) < 4.78 is 9.15. The van der Waals surface area contributed by atoms with Gasteiger partial charge in [-0.05, 0) is 38.1 Å². The highest BCUT2D eigenvalue weighted by Crippen LogP contribution is 2.30. The van der Waals surface area contributed by atoms with Gasteiger partial charge in [-0.3, -0.25) is 18.7 Å². The minimum Gasteiger partial charge on any atom is -0.488 e. The van der Waals surface area contributed by atoms with Gasteiger partial charge in [0.05, 0.1) is 23.3 Å². The Bertz CT molecular complexity index is 1360. The number of piperidine rings is 1. The molecular weight excluding hydrogens is 456 g/mol. The Balaban J connectivity index is 1.07. The highest BCUT2D eigenvalue weighted by Gasteiger charge is 2.29. The van der Waals surface area contributed by atoms with Gasteiger partial charge in [0, 0.05) is 49.3 Å². The van der Waals surface area contributed by atoms with Gasteiger partial charge in [0.15, 0.2) is 11.6 Å². The number of anilines is 1. The Labute approximate surface area is 201 Å². The lowest BCUT2D eigenvalue weighted by Crippen LogP contribution is -2.44. The molecule has 0 radical (unpaired) electrons. The van der Waals surface area contributed by atoms with E-state index < -0.39 is 0 Å². The van der Waals surface area contributed by atoms with Crippen LogP contribution in [0.4, 0.5) is 5.82 Å². The summed E-state index contributed by atoms with van der Waals surface area (Å²) in [6.07, 6.45) is 2.01. The molecule has 0 aromatic carbocycles. The van der Waals surface area contributed by atoms with Gasteiger partial charge < -0.3 is 20.3 Å². The average Bonchev–Trinajstić information content (AvgIpc) is 3.23. The lowest BCUT2D eigenvalue weighted by Gasteiger charge is -2.34.